The molecule has 146 valence electrons. The third-order valence-electron chi connectivity index (χ3n) is 3.94. The van der Waals surface area contributed by atoms with E-state index in [1.807, 2.05) is 0 Å². The van der Waals surface area contributed by atoms with Gasteiger partial charge in [-0.3, -0.25) is 0 Å². The summed E-state index contributed by atoms with van der Waals surface area (Å²) in [6, 6.07) is 9.16. The summed E-state index contributed by atoms with van der Waals surface area (Å²) in [5.41, 5.74) is 5.47. The molecule has 0 aliphatic carbocycles. The number of halogens is 4. The maximum atomic E-state index is 14.4. The molecule has 1 aromatic heterocycles. The van der Waals surface area contributed by atoms with Crippen LogP contribution in [0, 0.1) is 12.7 Å². The molecule has 28 heavy (non-hydrogen) atoms. The van der Waals surface area contributed by atoms with Crippen LogP contribution in [0.3, 0.4) is 0 Å². The Morgan fingerprint density at radius 2 is 1.82 bits per heavy atom. The average Bonchev–Trinajstić information content (AvgIpc) is 2.64. The number of nitrogen functional groups attached to an aromatic ring is 1. The summed E-state index contributed by atoms with van der Waals surface area (Å²) >= 11 is 0. The summed E-state index contributed by atoms with van der Waals surface area (Å²) in [6.07, 6.45) is -4.65. The van der Waals surface area contributed by atoms with Gasteiger partial charge in [0, 0.05) is 17.3 Å². The summed E-state index contributed by atoms with van der Waals surface area (Å²) in [6.45, 7) is 1.57. The van der Waals surface area contributed by atoms with Crippen molar-refractivity contribution in [2.45, 2.75) is 13.1 Å². The zero-order chi connectivity index (χ0) is 20.5. The Balaban J connectivity index is 2.04. The predicted octanol–water partition coefficient (Wildman–Crippen LogP) is 4.94. The van der Waals surface area contributed by atoms with Crippen LogP contribution in [0.2, 0.25) is 0 Å². The molecule has 0 amide bonds. The van der Waals surface area contributed by atoms with Gasteiger partial charge >= 0.3 is 6.18 Å². The quantitative estimate of drug-likeness (QED) is 0.615. The lowest BCUT2D eigenvalue weighted by atomic mass is 10.1. The lowest BCUT2D eigenvalue weighted by Crippen LogP contribution is -2.08. The molecule has 0 fully saturated rings. The average molecular weight is 392 g/mol. The number of alkyl halides is 3. The number of nitrogens with two attached hydrogens (primary N) is 1. The number of ether oxygens (including phenoxy) is 1. The number of methoxy groups -OCH3 is 1. The fourth-order valence-corrected chi connectivity index (χ4v) is 2.60. The van der Waals surface area contributed by atoms with E-state index in [9.17, 15) is 17.6 Å². The van der Waals surface area contributed by atoms with Gasteiger partial charge in [0.2, 0.25) is 0 Å². The number of rotatable bonds is 4. The molecule has 0 atom stereocenters. The molecular formula is C19H16F4N4O. The van der Waals surface area contributed by atoms with Crippen LogP contribution in [-0.4, -0.2) is 17.1 Å². The molecule has 5 nitrogen and oxygen atoms in total. The van der Waals surface area contributed by atoms with Gasteiger partial charge in [0.1, 0.15) is 28.8 Å². The van der Waals surface area contributed by atoms with Gasteiger partial charge in [-0.05, 0) is 37.3 Å². The first-order valence-corrected chi connectivity index (χ1v) is 8.11. The topological polar surface area (TPSA) is 73.1 Å². The molecule has 0 radical (unpaired) electrons. The van der Waals surface area contributed by atoms with Crippen LogP contribution in [-0.2, 0) is 6.18 Å². The Labute approximate surface area is 158 Å². The third-order valence-corrected chi connectivity index (χ3v) is 3.94. The first-order valence-electron chi connectivity index (χ1n) is 8.11. The van der Waals surface area contributed by atoms with Crippen molar-refractivity contribution in [2.24, 2.45) is 0 Å². The van der Waals surface area contributed by atoms with Gasteiger partial charge < -0.3 is 15.8 Å². The Morgan fingerprint density at radius 1 is 1.07 bits per heavy atom. The number of nitrogens with one attached hydrogen (secondary N) is 1. The predicted molar refractivity (Wildman–Crippen MR) is 97.9 cm³/mol. The van der Waals surface area contributed by atoms with E-state index in [1.165, 1.54) is 7.11 Å². The van der Waals surface area contributed by atoms with Crippen molar-refractivity contribution in [3.05, 3.63) is 59.7 Å². The minimum atomic E-state index is -4.65. The lowest BCUT2D eigenvalue weighted by Gasteiger charge is -2.14. The first-order chi connectivity index (χ1) is 13.2. The zero-order valence-electron chi connectivity index (χ0n) is 14.9. The summed E-state index contributed by atoms with van der Waals surface area (Å²) in [7, 11) is 1.52. The highest BCUT2D eigenvalue weighted by Gasteiger charge is 2.31. The van der Waals surface area contributed by atoms with Crippen molar-refractivity contribution in [1.82, 2.24) is 9.97 Å². The van der Waals surface area contributed by atoms with Crippen LogP contribution < -0.4 is 15.8 Å². The van der Waals surface area contributed by atoms with E-state index in [4.69, 9.17) is 10.5 Å². The molecule has 9 heteroatoms. The molecule has 0 unspecified atom stereocenters. The smallest absolute Gasteiger partial charge is 0.416 e. The van der Waals surface area contributed by atoms with Crippen molar-refractivity contribution in [2.75, 3.05) is 18.2 Å². The van der Waals surface area contributed by atoms with E-state index in [0.29, 0.717) is 17.5 Å². The van der Waals surface area contributed by atoms with Gasteiger partial charge in [-0.2, -0.15) is 13.2 Å². The maximum Gasteiger partial charge on any atom is 0.416 e. The Kier molecular flexibility index (Phi) is 5.08. The molecule has 0 bridgehead atoms. The van der Waals surface area contributed by atoms with Crippen LogP contribution in [0.4, 0.5) is 34.8 Å². The summed E-state index contributed by atoms with van der Waals surface area (Å²) in [5, 5.41) is 2.99. The summed E-state index contributed by atoms with van der Waals surface area (Å²) < 4.78 is 57.9. The van der Waals surface area contributed by atoms with Gasteiger partial charge in [-0.1, -0.05) is 6.07 Å². The normalized spacial score (nSPS) is 11.4. The number of benzene rings is 2. The summed E-state index contributed by atoms with van der Waals surface area (Å²) in [5.74, 6) is -0.000688. The van der Waals surface area contributed by atoms with Crippen molar-refractivity contribution >= 4 is 17.2 Å². The van der Waals surface area contributed by atoms with Gasteiger partial charge in [-0.25, -0.2) is 14.4 Å². The molecule has 3 N–H and O–H groups in total. The van der Waals surface area contributed by atoms with Crippen LogP contribution in [0.5, 0.6) is 5.75 Å². The van der Waals surface area contributed by atoms with Gasteiger partial charge in [0.25, 0.3) is 0 Å². The molecule has 0 saturated heterocycles. The molecule has 1 heterocycles. The van der Waals surface area contributed by atoms with E-state index in [-0.39, 0.29) is 28.6 Å². The Hall–Kier alpha value is -3.36. The van der Waals surface area contributed by atoms with E-state index in [0.717, 1.165) is 12.1 Å². The zero-order valence-corrected chi connectivity index (χ0v) is 14.9. The Morgan fingerprint density at radius 3 is 2.46 bits per heavy atom. The van der Waals surface area contributed by atoms with Gasteiger partial charge in [-0.15, -0.1) is 0 Å². The number of aromatic nitrogens is 2. The number of hydrogen-bond acceptors (Lipinski definition) is 5. The highest BCUT2D eigenvalue weighted by molar-refractivity contribution is 5.83. The third kappa shape index (κ3) is 3.98. The van der Waals surface area contributed by atoms with Crippen LogP contribution in [0.1, 0.15) is 11.4 Å². The Bertz CT molecular complexity index is 1020. The summed E-state index contributed by atoms with van der Waals surface area (Å²) in [4.78, 5) is 8.32. The first kappa shape index (κ1) is 19.4. The fourth-order valence-electron chi connectivity index (χ4n) is 2.60. The molecule has 3 aromatic rings. The van der Waals surface area contributed by atoms with Crippen LogP contribution in [0.15, 0.2) is 42.5 Å². The minimum Gasteiger partial charge on any atom is -0.497 e. The van der Waals surface area contributed by atoms with Crippen LogP contribution in [0.25, 0.3) is 11.3 Å². The molecule has 0 aliphatic heterocycles. The molecule has 0 aliphatic rings. The van der Waals surface area contributed by atoms with Crippen LogP contribution >= 0.6 is 0 Å². The lowest BCUT2D eigenvalue weighted by molar-refractivity contribution is -0.137. The number of nitrogens with zero attached hydrogens (tertiary/aromatic N) is 2. The molecule has 0 saturated carbocycles. The largest absolute Gasteiger partial charge is 0.497 e. The van der Waals surface area contributed by atoms with Gasteiger partial charge in [0.15, 0.2) is 5.82 Å². The van der Waals surface area contributed by atoms with Gasteiger partial charge in [0.05, 0.1) is 12.7 Å². The highest BCUT2D eigenvalue weighted by Crippen LogP contribution is 2.36. The van der Waals surface area contributed by atoms with E-state index >= 15 is 0 Å². The fraction of sp³-hybridized carbons (Fsp3) is 0.158. The van der Waals surface area contributed by atoms with E-state index < -0.39 is 17.6 Å². The molecule has 0 spiro atoms. The van der Waals surface area contributed by atoms with Crippen molar-refractivity contribution in [3.8, 4) is 17.0 Å². The number of hydrogen-bond donors (Lipinski definition) is 2. The minimum absolute atomic E-state index is 0.00382. The van der Waals surface area contributed by atoms with E-state index in [1.54, 1.807) is 31.2 Å². The van der Waals surface area contributed by atoms with Crippen molar-refractivity contribution in [3.63, 3.8) is 0 Å². The second-order valence-corrected chi connectivity index (χ2v) is 5.93. The SMILES string of the molecule is COc1cccc(Nc2nc(C)nc(-c3ccc(C(F)(F)F)cc3F)c2N)c1. The maximum absolute atomic E-state index is 14.4. The number of anilines is 3. The van der Waals surface area contributed by atoms with E-state index in [2.05, 4.69) is 15.3 Å². The van der Waals surface area contributed by atoms with Crippen molar-refractivity contribution in [1.29, 1.82) is 0 Å². The van der Waals surface area contributed by atoms with Crippen molar-refractivity contribution < 1.29 is 22.3 Å². The second kappa shape index (κ2) is 7.34. The highest BCUT2D eigenvalue weighted by atomic mass is 19.4. The molecule has 3 rings (SSSR count). The monoisotopic (exact) mass is 392 g/mol. The molecule has 2 aromatic carbocycles. The number of aryl methyl sites for hydroxylation is 1. The second-order valence-electron chi connectivity index (χ2n) is 5.93. The standard InChI is InChI=1S/C19H16F4N4O/c1-10-25-17(14-7-6-11(8-15(14)20)19(21,22)23)16(24)18(26-10)27-12-4-3-5-13(9-12)28-2/h3-9H,24H2,1-2H3,(H,25,26,27). The molecular weight excluding hydrogens is 376 g/mol.